The average Bonchev–Trinajstić information content (AvgIpc) is 3.43. The van der Waals surface area contributed by atoms with E-state index in [0.29, 0.717) is 12.0 Å². The lowest BCUT2D eigenvalue weighted by molar-refractivity contribution is -0.155. The number of carbonyl (C=O) groups is 2. The molecule has 8 heteroatoms. The van der Waals surface area contributed by atoms with Gasteiger partial charge in [-0.05, 0) is 42.2 Å². The topological polar surface area (TPSA) is 84.0 Å². The molecule has 0 bridgehead atoms. The molecule has 38 heavy (non-hydrogen) atoms. The molecular formula is C30H28N2O5S. The van der Waals surface area contributed by atoms with Crippen LogP contribution in [0, 0.1) is 12.8 Å². The van der Waals surface area contributed by atoms with E-state index in [9.17, 15) is 18.0 Å². The van der Waals surface area contributed by atoms with E-state index in [1.807, 2.05) is 67.6 Å². The van der Waals surface area contributed by atoms with Crippen LogP contribution in [-0.4, -0.2) is 55.5 Å². The summed E-state index contributed by atoms with van der Waals surface area (Å²) in [5.74, 6) is -0.436. The molecule has 0 aromatic heterocycles. The Morgan fingerprint density at radius 2 is 1.58 bits per heavy atom. The fourth-order valence-electron chi connectivity index (χ4n) is 5.90. The molecule has 0 saturated carbocycles. The largest absolute Gasteiger partial charge is 0.447 e. The summed E-state index contributed by atoms with van der Waals surface area (Å²) in [5, 5.41) is 1.34. The van der Waals surface area contributed by atoms with Gasteiger partial charge in [-0.2, -0.15) is 0 Å². The van der Waals surface area contributed by atoms with Crippen molar-refractivity contribution in [1.29, 1.82) is 0 Å². The van der Waals surface area contributed by atoms with Crippen LogP contribution in [0.25, 0.3) is 0 Å². The lowest BCUT2D eigenvalue weighted by atomic mass is 9.81. The van der Waals surface area contributed by atoms with Gasteiger partial charge in [-0.25, -0.2) is 13.2 Å². The SMILES string of the molecule is Cc1ccc(S(=O)(=O)/C=C2\CN3C(=O)[C@@H](N4C(=O)OC[C@@H]4c4ccccc4)[C@H]3[C@@H]2Cc2ccccc2)cc1. The normalized spacial score (nSPS) is 25.9. The maximum absolute atomic E-state index is 13.5. The van der Waals surface area contributed by atoms with Gasteiger partial charge in [-0.1, -0.05) is 78.4 Å². The number of cyclic esters (lactones) is 1. The smallest absolute Gasteiger partial charge is 0.411 e. The van der Waals surface area contributed by atoms with Gasteiger partial charge in [0.2, 0.25) is 5.91 Å². The third-order valence-electron chi connectivity index (χ3n) is 7.81. The Morgan fingerprint density at radius 1 is 0.921 bits per heavy atom. The van der Waals surface area contributed by atoms with Crippen molar-refractivity contribution in [3.05, 3.63) is 113 Å². The van der Waals surface area contributed by atoms with E-state index in [1.165, 1.54) is 5.41 Å². The predicted octanol–water partition coefficient (Wildman–Crippen LogP) is 4.30. The van der Waals surface area contributed by atoms with Crippen LogP contribution in [0.1, 0.15) is 22.7 Å². The molecule has 3 aromatic rings. The molecule has 3 aromatic carbocycles. The van der Waals surface area contributed by atoms with Gasteiger partial charge in [0.1, 0.15) is 12.6 Å². The Bertz CT molecular complexity index is 1500. The van der Waals surface area contributed by atoms with E-state index in [-0.39, 0.29) is 42.0 Å². The Morgan fingerprint density at radius 3 is 2.26 bits per heavy atom. The van der Waals surface area contributed by atoms with Gasteiger partial charge in [0, 0.05) is 17.9 Å². The fraction of sp³-hybridized carbons (Fsp3) is 0.267. The second kappa shape index (κ2) is 9.44. The number of ether oxygens (including phenoxy) is 1. The summed E-state index contributed by atoms with van der Waals surface area (Å²) in [6.45, 7) is 2.30. The Kier molecular flexibility index (Phi) is 6.07. The highest BCUT2D eigenvalue weighted by Crippen LogP contribution is 2.46. The molecule has 0 radical (unpaired) electrons. The number of sulfone groups is 1. The quantitative estimate of drug-likeness (QED) is 0.446. The second-order valence-electron chi connectivity index (χ2n) is 10.2. The number of carbonyl (C=O) groups excluding carboxylic acids is 2. The predicted molar refractivity (Wildman–Crippen MR) is 142 cm³/mol. The van der Waals surface area contributed by atoms with Crippen LogP contribution in [0.3, 0.4) is 0 Å². The van der Waals surface area contributed by atoms with Crippen molar-refractivity contribution in [3.8, 4) is 0 Å². The van der Waals surface area contributed by atoms with E-state index >= 15 is 0 Å². The highest BCUT2D eigenvalue weighted by molar-refractivity contribution is 7.94. The molecular weight excluding hydrogens is 500 g/mol. The molecule has 0 unspecified atom stereocenters. The van der Waals surface area contributed by atoms with Gasteiger partial charge < -0.3 is 9.64 Å². The van der Waals surface area contributed by atoms with Crippen LogP contribution in [0.2, 0.25) is 0 Å². The monoisotopic (exact) mass is 528 g/mol. The molecule has 4 atom stereocenters. The molecule has 6 rings (SSSR count). The van der Waals surface area contributed by atoms with Gasteiger partial charge in [-0.3, -0.25) is 9.69 Å². The summed E-state index contributed by atoms with van der Waals surface area (Å²) >= 11 is 0. The first-order valence-electron chi connectivity index (χ1n) is 12.7. The van der Waals surface area contributed by atoms with Gasteiger partial charge in [-0.15, -0.1) is 0 Å². The zero-order valence-electron chi connectivity index (χ0n) is 20.9. The zero-order valence-corrected chi connectivity index (χ0v) is 21.8. The van der Waals surface area contributed by atoms with Crippen molar-refractivity contribution in [2.24, 2.45) is 5.92 Å². The number of β-lactam (4-membered cyclic amide) rings is 1. The molecule has 0 N–H and O–H groups in total. The third-order valence-corrected chi connectivity index (χ3v) is 9.35. The molecule has 3 aliphatic heterocycles. The third kappa shape index (κ3) is 4.19. The maximum atomic E-state index is 13.5. The van der Waals surface area contributed by atoms with Crippen molar-refractivity contribution < 1.29 is 22.7 Å². The highest BCUT2D eigenvalue weighted by atomic mass is 32.2. The maximum Gasteiger partial charge on any atom is 0.411 e. The van der Waals surface area contributed by atoms with Crippen molar-refractivity contribution in [1.82, 2.24) is 9.80 Å². The van der Waals surface area contributed by atoms with Crippen LogP contribution < -0.4 is 0 Å². The van der Waals surface area contributed by atoms with Crippen LogP contribution in [0.15, 0.2) is 101 Å². The average molecular weight is 529 g/mol. The van der Waals surface area contributed by atoms with Crippen molar-refractivity contribution in [3.63, 3.8) is 0 Å². The number of amides is 2. The number of hydrogen-bond donors (Lipinski definition) is 0. The molecule has 0 spiro atoms. The minimum absolute atomic E-state index is 0.174. The number of rotatable bonds is 6. The van der Waals surface area contributed by atoms with E-state index in [1.54, 1.807) is 34.1 Å². The molecule has 7 nitrogen and oxygen atoms in total. The van der Waals surface area contributed by atoms with Gasteiger partial charge >= 0.3 is 6.09 Å². The molecule has 0 aliphatic carbocycles. The van der Waals surface area contributed by atoms with Gasteiger partial charge in [0.25, 0.3) is 0 Å². The summed E-state index contributed by atoms with van der Waals surface area (Å²) in [6, 6.07) is 24.7. The second-order valence-corrected chi connectivity index (χ2v) is 12.0. The van der Waals surface area contributed by atoms with Crippen molar-refractivity contribution in [2.75, 3.05) is 13.2 Å². The first-order chi connectivity index (χ1) is 18.3. The van der Waals surface area contributed by atoms with Gasteiger partial charge in [0.05, 0.1) is 17.0 Å². The van der Waals surface area contributed by atoms with E-state index in [4.69, 9.17) is 4.74 Å². The molecule has 3 saturated heterocycles. The van der Waals surface area contributed by atoms with Crippen LogP contribution in [0.4, 0.5) is 4.79 Å². The Labute approximate surface area is 222 Å². The number of benzene rings is 3. The number of aryl methyl sites for hydroxylation is 1. The summed E-state index contributed by atoms with van der Waals surface area (Å²) in [4.78, 5) is 29.9. The van der Waals surface area contributed by atoms with E-state index in [0.717, 1.165) is 16.7 Å². The van der Waals surface area contributed by atoms with Crippen LogP contribution >= 0.6 is 0 Å². The summed E-state index contributed by atoms with van der Waals surface area (Å²) in [7, 11) is -3.73. The van der Waals surface area contributed by atoms with Crippen LogP contribution in [-0.2, 0) is 25.8 Å². The molecule has 3 fully saturated rings. The lowest BCUT2D eigenvalue weighted by Crippen LogP contribution is -2.70. The van der Waals surface area contributed by atoms with E-state index < -0.39 is 22.0 Å². The minimum atomic E-state index is -3.73. The Hall–Kier alpha value is -3.91. The molecule has 3 heterocycles. The number of nitrogens with zero attached hydrogens (tertiary/aromatic N) is 2. The Balaban J connectivity index is 1.38. The van der Waals surface area contributed by atoms with Crippen molar-refractivity contribution >= 4 is 21.8 Å². The lowest BCUT2D eigenvalue weighted by Gasteiger charge is -2.49. The summed E-state index contributed by atoms with van der Waals surface area (Å²) in [6.07, 6.45) is 0.0416. The standard InChI is InChI=1S/C30H28N2O5S/c1-20-12-14-24(15-13-20)38(35,36)19-23-17-31-27(25(23)16-21-8-4-2-5-9-21)28(29(31)33)32-26(18-37-30(32)34)22-10-6-3-7-11-22/h2-15,19,25-28H,16-18H2,1H3/b23-19+/t25-,26-,27-,28+/m1/s1. The van der Waals surface area contributed by atoms with E-state index in [2.05, 4.69) is 0 Å². The van der Waals surface area contributed by atoms with Crippen LogP contribution in [0.5, 0.6) is 0 Å². The minimum Gasteiger partial charge on any atom is -0.447 e. The number of fused-ring (bicyclic) bond motifs is 1. The van der Waals surface area contributed by atoms with Gasteiger partial charge in [0.15, 0.2) is 9.84 Å². The zero-order chi connectivity index (χ0) is 26.4. The summed E-state index contributed by atoms with van der Waals surface area (Å²) < 4.78 is 32.2. The first-order valence-corrected chi connectivity index (χ1v) is 14.2. The number of hydrogen-bond acceptors (Lipinski definition) is 5. The first kappa shape index (κ1) is 24.4. The molecule has 2 amide bonds. The van der Waals surface area contributed by atoms with Crippen molar-refractivity contribution in [2.45, 2.75) is 36.4 Å². The molecule has 3 aliphatic rings. The highest BCUT2D eigenvalue weighted by Gasteiger charge is 2.62. The fourth-order valence-corrected chi connectivity index (χ4v) is 7.20. The summed E-state index contributed by atoms with van der Waals surface area (Å²) in [5.41, 5.74) is 3.60. The molecule has 194 valence electrons.